The number of nitrogens with one attached hydrogen (secondary N) is 1. The van der Waals surface area contributed by atoms with Crippen molar-refractivity contribution < 1.29 is 14.4 Å². The van der Waals surface area contributed by atoms with Crippen molar-refractivity contribution in [2.75, 3.05) is 11.9 Å². The van der Waals surface area contributed by atoms with E-state index in [4.69, 9.17) is 11.6 Å². The molecule has 2 heterocycles. The maximum Gasteiger partial charge on any atom is 0.294 e. The molecule has 0 unspecified atom stereocenters. The van der Waals surface area contributed by atoms with E-state index in [-0.39, 0.29) is 11.4 Å². The molecule has 0 aliphatic carbocycles. The summed E-state index contributed by atoms with van der Waals surface area (Å²) in [4.78, 5) is 39.0. The minimum absolute atomic E-state index is 0.278. The Bertz CT molecular complexity index is 1320. The summed E-state index contributed by atoms with van der Waals surface area (Å²) in [5.41, 5.74) is 4.18. The van der Waals surface area contributed by atoms with E-state index >= 15 is 0 Å². The Labute approximate surface area is 208 Å². The normalized spacial score (nSPS) is 14.9. The number of hydrogen-bond acceptors (Lipinski definition) is 4. The number of imide groups is 1. The molecule has 0 saturated carbocycles. The average Bonchev–Trinajstić information content (AvgIpc) is 3.19. The Kier molecular flexibility index (Phi) is 6.78. The van der Waals surface area contributed by atoms with Crippen molar-refractivity contribution in [2.24, 2.45) is 0 Å². The lowest BCUT2D eigenvalue weighted by atomic mass is 10.2. The van der Waals surface area contributed by atoms with Crippen LogP contribution in [0.2, 0.25) is 5.02 Å². The van der Waals surface area contributed by atoms with Crippen molar-refractivity contribution in [1.82, 2.24) is 9.47 Å². The number of aryl methyl sites for hydroxylation is 1. The van der Waals surface area contributed by atoms with Crippen LogP contribution in [0.1, 0.15) is 17.0 Å². The summed E-state index contributed by atoms with van der Waals surface area (Å²) >= 11 is 10.4. The summed E-state index contributed by atoms with van der Waals surface area (Å²) in [5, 5.41) is 2.52. The zero-order chi connectivity index (χ0) is 23.7. The molecule has 168 valence electrons. The zero-order valence-electron chi connectivity index (χ0n) is 17.8. The Hall–Kier alpha value is -2.81. The molecule has 9 heteroatoms. The zero-order valence-corrected chi connectivity index (χ0v) is 20.9. The van der Waals surface area contributed by atoms with Crippen LogP contribution in [0.4, 0.5) is 10.5 Å². The van der Waals surface area contributed by atoms with Gasteiger partial charge in [-0.1, -0.05) is 45.7 Å². The van der Waals surface area contributed by atoms with E-state index in [2.05, 4.69) is 25.8 Å². The molecule has 1 fully saturated rings. The van der Waals surface area contributed by atoms with Crippen molar-refractivity contribution in [1.29, 1.82) is 0 Å². The Morgan fingerprint density at radius 3 is 2.61 bits per heavy atom. The average molecular weight is 545 g/mol. The van der Waals surface area contributed by atoms with E-state index in [9.17, 15) is 14.4 Å². The molecule has 4 rings (SSSR count). The maximum absolute atomic E-state index is 12.9. The first-order chi connectivity index (χ1) is 15.7. The number of carbonyl (C=O) groups excluding carboxylic acids is 3. The number of nitrogens with zero attached hydrogens (tertiary/aromatic N) is 2. The molecule has 3 aromatic rings. The molecule has 0 spiro atoms. The lowest BCUT2D eigenvalue weighted by Crippen LogP contribution is -2.36. The second kappa shape index (κ2) is 9.59. The van der Waals surface area contributed by atoms with Gasteiger partial charge in [0.25, 0.3) is 11.1 Å². The van der Waals surface area contributed by atoms with Crippen molar-refractivity contribution in [2.45, 2.75) is 13.8 Å². The van der Waals surface area contributed by atoms with Gasteiger partial charge in [-0.3, -0.25) is 19.3 Å². The molecule has 2 aromatic carbocycles. The number of hydrogen-bond donors (Lipinski definition) is 1. The number of thioether (sulfide) groups is 1. The summed E-state index contributed by atoms with van der Waals surface area (Å²) < 4.78 is 3.04. The first kappa shape index (κ1) is 23.4. The van der Waals surface area contributed by atoms with Gasteiger partial charge in [0.15, 0.2) is 0 Å². The molecule has 1 aliphatic rings. The monoisotopic (exact) mass is 543 g/mol. The van der Waals surface area contributed by atoms with Gasteiger partial charge in [0.05, 0.1) is 15.6 Å². The third-order valence-electron chi connectivity index (χ3n) is 5.15. The minimum atomic E-state index is -0.500. The molecule has 1 N–H and O–H groups in total. The summed E-state index contributed by atoms with van der Waals surface area (Å²) in [7, 11) is 0. The van der Waals surface area contributed by atoms with Crippen molar-refractivity contribution in [3.63, 3.8) is 0 Å². The molecule has 1 saturated heterocycles. The highest BCUT2D eigenvalue weighted by atomic mass is 79.9. The maximum atomic E-state index is 12.9. The fourth-order valence-electron chi connectivity index (χ4n) is 3.62. The Morgan fingerprint density at radius 1 is 1.12 bits per heavy atom. The van der Waals surface area contributed by atoms with E-state index in [1.807, 2.05) is 44.2 Å². The lowest BCUT2D eigenvalue weighted by Gasteiger charge is -2.13. The predicted molar refractivity (Wildman–Crippen MR) is 136 cm³/mol. The first-order valence-electron chi connectivity index (χ1n) is 9.99. The Balaban J connectivity index is 1.54. The van der Waals surface area contributed by atoms with E-state index in [1.165, 1.54) is 0 Å². The third-order valence-corrected chi connectivity index (χ3v) is 6.88. The van der Waals surface area contributed by atoms with Gasteiger partial charge in [-0.05, 0) is 73.6 Å². The Morgan fingerprint density at radius 2 is 1.88 bits per heavy atom. The second-order valence-corrected chi connectivity index (χ2v) is 9.75. The van der Waals surface area contributed by atoms with Crippen LogP contribution < -0.4 is 5.32 Å². The third kappa shape index (κ3) is 4.93. The van der Waals surface area contributed by atoms with Crippen LogP contribution in [0.3, 0.4) is 0 Å². The molecular weight excluding hydrogens is 526 g/mol. The molecular formula is C24H19BrClN3O3S. The number of carbonyl (C=O) groups is 3. The molecule has 3 amide bonds. The highest BCUT2D eigenvalue weighted by Gasteiger charge is 2.36. The number of amides is 3. The van der Waals surface area contributed by atoms with Crippen molar-refractivity contribution in [3.05, 3.63) is 85.9 Å². The van der Waals surface area contributed by atoms with E-state index in [0.29, 0.717) is 10.7 Å². The smallest absolute Gasteiger partial charge is 0.294 e. The van der Waals surface area contributed by atoms with Crippen LogP contribution >= 0.6 is 39.3 Å². The molecule has 1 aromatic heterocycles. The van der Waals surface area contributed by atoms with E-state index in [0.717, 1.165) is 43.8 Å². The van der Waals surface area contributed by atoms with Crippen molar-refractivity contribution in [3.8, 4) is 5.69 Å². The van der Waals surface area contributed by atoms with E-state index < -0.39 is 17.1 Å². The predicted octanol–water partition coefficient (Wildman–Crippen LogP) is 6.19. The molecule has 1 aliphatic heterocycles. The topological polar surface area (TPSA) is 71.4 Å². The van der Waals surface area contributed by atoms with Gasteiger partial charge in [-0.2, -0.15) is 0 Å². The molecule has 0 atom stereocenters. The van der Waals surface area contributed by atoms with Gasteiger partial charge < -0.3 is 9.88 Å². The standard InChI is InChI=1S/C24H19BrClN3O3S/c1-14-10-16(15(2)29(14)18-7-5-6-17(25)12-18)11-21-23(31)28(24(32)33-21)13-22(30)27-20-9-4-3-8-19(20)26/h3-12H,13H2,1-2H3,(H,27,30)/b21-11+. The molecule has 6 nitrogen and oxygen atoms in total. The van der Waals surface area contributed by atoms with E-state index in [1.54, 1.807) is 30.3 Å². The molecule has 0 radical (unpaired) electrons. The quantitative estimate of drug-likeness (QED) is 0.389. The molecule has 33 heavy (non-hydrogen) atoms. The van der Waals surface area contributed by atoms with Crippen LogP contribution in [0.25, 0.3) is 11.8 Å². The summed E-state index contributed by atoms with van der Waals surface area (Å²) in [6.45, 7) is 3.56. The number of rotatable bonds is 5. The van der Waals surface area contributed by atoms with Gasteiger partial charge in [0.1, 0.15) is 6.54 Å². The SMILES string of the molecule is Cc1cc(/C=C2/SC(=O)N(CC(=O)Nc3ccccc3Cl)C2=O)c(C)n1-c1cccc(Br)c1. The van der Waals surface area contributed by atoms with Crippen LogP contribution in [0, 0.1) is 13.8 Å². The number of para-hydroxylation sites is 1. The van der Waals surface area contributed by atoms with Gasteiger partial charge in [0, 0.05) is 21.5 Å². The van der Waals surface area contributed by atoms with Crippen molar-refractivity contribution >= 4 is 68.1 Å². The summed E-state index contributed by atoms with van der Waals surface area (Å²) in [5.74, 6) is -0.994. The van der Waals surface area contributed by atoms with Gasteiger partial charge in [-0.15, -0.1) is 0 Å². The first-order valence-corrected chi connectivity index (χ1v) is 12.0. The van der Waals surface area contributed by atoms with Crippen LogP contribution in [-0.4, -0.2) is 33.1 Å². The van der Waals surface area contributed by atoms with Gasteiger partial charge in [0.2, 0.25) is 5.91 Å². The van der Waals surface area contributed by atoms with Gasteiger partial charge in [-0.25, -0.2) is 0 Å². The second-order valence-electron chi connectivity index (χ2n) is 7.44. The largest absolute Gasteiger partial charge is 0.323 e. The van der Waals surface area contributed by atoms with Crippen LogP contribution in [-0.2, 0) is 9.59 Å². The number of anilines is 1. The lowest BCUT2D eigenvalue weighted by molar-refractivity contribution is -0.127. The highest BCUT2D eigenvalue weighted by Crippen LogP contribution is 2.34. The van der Waals surface area contributed by atoms with Crippen LogP contribution in [0.5, 0.6) is 0 Å². The minimum Gasteiger partial charge on any atom is -0.323 e. The fourth-order valence-corrected chi connectivity index (χ4v) is 5.02. The number of aromatic nitrogens is 1. The summed E-state index contributed by atoms with van der Waals surface area (Å²) in [6, 6.07) is 16.7. The summed E-state index contributed by atoms with van der Waals surface area (Å²) in [6.07, 6.45) is 1.70. The van der Waals surface area contributed by atoms with Crippen LogP contribution in [0.15, 0.2) is 64.0 Å². The fraction of sp³-hybridized carbons (Fsp3) is 0.125. The highest BCUT2D eigenvalue weighted by molar-refractivity contribution is 9.10. The number of benzene rings is 2. The number of halogens is 2. The molecule has 0 bridgehead atoms. The van der Waals surface area contributed by atoms with Gasteiger partial charge >= 0.3 is 0 Å².